The van der Waals surface area contributed by atoms with Crippen LogP contribution in [0.2, 0.25) is 0 Å². The Hall–Kier alpha value is -1.88. The van der Waals surface area contributed by atoms with E-state index in [1.165, 1.54) is 0 Å². The smallest absolute Gasteiger partial charge is 0.308 e. The van der Waals surface area contributed by atoms with Gasteiger partial charge in [-0.2, -0.15) is 0 Å². The molecule has 0 aliphatic carbocycles. The van der Waals surface area contributed by atoms with E-state index in [9.17, 15) is 9.59 Å². The van der Waals surface area contributed by atoms with Gasteiger partial charge in [-0.05, 0) is 17.5 Å². The highest BCUT2D eigenvalue weighted by Gasteiger charge is 2.16. The van der Waals surface area contributed by atoms with Gasteiger partial charge in [0.05, 0.1) is 12.3 Å². The highest BCUT2D eigenvalue weighted by Crippen LogP contribution is 2.09. The van der Waals surface area contributed by atoms with Gasteiger partial charge in [-0.1, -0.05) is 31.2 Å². The fraction of sp³-hybridized carbons (Fsp3) is 0.429. The number of carboxylic acids is 1. The highest BCUT2D eigenvalue weighted by atomic mass is 16.4. The van der Waals surface area contributed by atoms with Gasteiger partial charge in [0.25, 0.3) is 0 Å². The molecule has 104 valence electrons. The normalized spacial score (nSPS) is 11.9. The maximum absolute atomic E-state index is 11.8. The summed E-state index contributed by atoms with van der Waals surface area (Å²) in [5.41, 5.74) is 7.41. The van der Waals surface area contributed by atoms with E-state index in [0.717, 1.165) is 11.1 Å². The standard InChI is InChI=1S/C14H20N2O3/c1-2-10(14(18)19)9-16-13(17)7-11-5-3-4-6-12(11)8-15/h3-6,10H,2,7-9,15H2,1H3,(H,16,17)(H,18,19). The first-order valence-electron chi connectivity index (χ1n) is 6.34. The van der Waals surface area contributed by atoms with Crippen molar-refractivity contribution in [1.82, 2.24) is 5.32 Å². The van der Waals surface area contributed by atoms with Crippen LogP contribution in [0.1, 0.15) is 24.5 Å². The first kappa shape index (κ1) is 15.2. The monoisotopic (exact) mass is 264 g/mol. The van der Waals surface area contributed by atoms with Gasteiger partial charge in [0.1, 0.15) is 0 Å². The van der Waals surface area contributed by atoms with E-state index in [2.05, 4.69) is 5.32 Å². The first-order valence-corrected chi connectivity index (χ1v) is 6.34. The van der Waals surface area contributed by atoms with Crippen molar-refractivity contribution in [1.29, 1.82) is 0 Å². The van der Waals surface area contributed by atoms with Crippen LogP contribution in [0, 0.1) is 5.92 Å². The van der Waals surface area contributed by atoms with Crippen LogP contribution in [0.25, 0.3) is 0 Å². The zero-order valence-electron chi connectivity index (χ0n) is 11.1. The van der Waals surface area contributed by atoms with Gasteiger partial charge in [0.2, 0.25) is 5.91 Å². The van der Waals surface area contributed by atoms with Crippen molar-refractivity contribution < 1.29 is 14.7 Å². The minimum absolute atomic E-state index is 0.162. The quantitative estimate of drug-likeness (QED) is 0.682. The minimum atomic E-state index is -0.884. The maximum Gasteiger partial charge on any atom is 0.308 e. The molecular formula is C14H20N2O3. The number of rotatable bonds is 7. The van der Waals surface area contributed by atoms with E-state index >= 15 is 0 Å². The van der Waals surface area contributed by atoms with Crippen molar-refractivity contribution in [3.8, 4) is 0 Å². The third-order valence-electron chi connectivity index (χ3n) is 3.08. The lowest BCUT2D eigenvalue weighted by Gasteiger charge is -2.12. The summed E-state index contributed by atoms with van der Waals surface area (Å²) in [6, 6.07) is 7.47. The van der Waals surface area contributed by atoms with E-state index < -0.39 is 11.9 Å². The van der Waals surface area contributed by atoms with Gasteiger partial charge >= 0.3 is 5.97 Å². The van der Waals surface area contributed by atoms with Crippen molar-refractivity contribution in [3.05, 3.63) is 35.4 Å². The summed E-state index contributed by atoms with van der Waals surface area (Å²) in [6.07, 6.45) is 0.721. The number of nitrogens with one attached hydrogen (secondary N) is 1. The van der Waals surface area contributed by atoms with Crippen LogP contribution in [0.4, 0.5) is 0 Å². The van der Waals surface area contributed by atoms with Gasteiger partial charge in [0.15, 0.2) is 0 Å². The summed E-state index contributed by atoms with van der Waals surface area (Å²) in [5, 5.41) is 11.5. The maximum atomic E-state index is 11.8. The number of carbonyl (C=O) groups excluding carboxylic acids is 1. The fourth-order valence-corrected chi connectivity index (χ4v) is 1.81. The number of hydrogen-bond acceptors (Lipinski definition) is 3. The molecule has 0 aliphatic rings. The Kier molecular flexibility index (Phi) is 6.02. The number of carbonyl (C=O) groups is 2. The van der Waals surface area contributed by atoms with E-state index in [4.69, 9.17) is 10.8 Å². The average molecular weight is 264 g/mol. The lowest BCUT2D eigenvalue weighted by atomic mass is 10.0. The molecule has 0 bridgehead atoms. The molecule has 1 rings (SSSR count). The molecule has 1 atom stereocenters. The van der Waals surface area contributed by atoms with Gasteiger partial charge in [-0.15, -0.1) is 0 Å². The van der Waals surface area contributed by atoms with Gasteiger partial charge in [-0.25, -0.2) is 0 Å². The van der Waals surface area contributed by atoms with Crippen molar-refractivity contribution in [2.45, 2.75) is 26.3 Å². The van der Waals surface area contributed by atoms with E-state index in [1.807, 2.05) is 24.3 Å². The predicted molar refractivity (Wildman–Crippen MR) is 72.5 cm³/mol. The highest BCUT2D eigenvalue weighted by molar-refractivity contribution is 5.79. The number of aliphatic carboxylic acids is 1. The van der Waals surface area contributed by atoms with Crippen LogP contribution in [-0.4, -0.2) is 23.5 Å². The topological polar surface area (TPSA) is 92.4 Å². The Morgan fingerprint density at radius 3 is 2.47 bits per heavy atom. The second-order valence-corrected chi connectivity index (χ2v) is 4.40. The number of carboxylic acid groups (broad SMARTS) is 1. The molecule has 0 heterocycles. The molecule has 0 saturated heterocycles. The van der Waals surface area contributed by atoms with Crippen LogP contribution in [0.3, 0.4) is 0 Å². The summed E-state index contributed by atoms with van der Waals surface area (Å²) >= 11 is 0. The van der Waals surface area contributed by atoms with E-state index in [-0.39, 0.29) is 18.9 Å². The summed E-state index contributed by atoms with van der Waals surface area (Å²) in [4.78, 5) is 22.6. The van der Waals surface area contributed by atoms with Crippen molar-refractivity contribution in [2.75, 3.05) is 6.54 Å². The SMILES string of the molecule is CCC(CNC(=O)Cc1ccccc1CN)C(=O)O. The van der Waals surface area contributed by atoms with Crippen LogP contribution in [-0.2, 0) is 22.6 Å². The number of amides is 1. The fourth-order valence-electron chi connectivity index (χ4n) is 1.81. The number of nitrogens with two attached hydrogens (primary N) is 1. The molecule has 0 saturated carbocycles. The second-order valence-electron chi connectivity index (χ2n) is 4.40. The predicted octanol–water partition coefficient (Wildman–Crippen LogP) is 0.915. The van der Waals surface area contributed by atoms with Crippen LogP contribution in [0.5, 0.6) is 0 Å². The van der Waals surface area contributed by atoms with Gasteiger partial charge < -0.3 is 16.2 Å². The lowest BCUT2D eigenvalue weighted by Crippen LogP contribution is -2.33. The Balaban J connectivity index is 2.53. The number of hydrogen-bond donors (Lipinski definition) is 3. The Morgan fingerprint density at radius 2 is 1.95 bits per heavy atom. The molecule has 5 nitrogen and oxygen atoms in total. The lowest BCUT2D eigenvalue weighted by molar-refractivity contribution is -0.141. The van der Waals surface area contributed by atoms with Crippen molar-refractivity contribution >= 4 is 11.9 Å². The first-order chi connectivity index (χ1) is 9.08. The zero-order chi connectivity index (χ0) is 14.3. The molecule has 1 unspecified atom stereocenters. The Labute approximate surface area is 112 Å². The minimum Gasteiger partial charge on any atom is -0.481 e. The van der Waals surface area contributed by atoms with Crippen LogP contribution < -0.4 is 11.1 Å². The molecule has 5 heteroatoms. The van der Waals surface area contributed by atoms with E-state index in [1.54, 1.807) is 6.92 Å². The third kappa shape index (κ3) is 4.71. The molecule has 0 radical (unpaired) electrons. The summed E-state index contributed by atoms with van der Waals surface area (Å²) in [6.45, 7) is 2.33. The molecular weight excluding hydrogens is 244 g/mol. The second kappa shape index (κ2) is 7.53. The molecule has 0 aliphatic heterocycles. The van der Waals surface area contributed by atoms with Crippen molar-refractivity contribution in [3.63, 3.8) is 0 Å². The summed E-state index contributed by atoms with van der Waals surface area (Å²) in [7, 11) is 0. The van der Waals surface area contributed by atoms with Crippen molar-refractivity contribution in [2.24, 2.45) is 11.7 Å². The zero-order valence-corrected chi connectivity index (χ0v) is 11.1. The Morgan fingerprint density at radius 1 is 1.32 bits per heavy atom. The van der Waals surface area contributed by atoms with Crippen LogP contribution >= 0.6 is 0 Å². The third-order valence-corrected chi connectivity index (χ3v) is 3.08. The number of benzene rings is 1. The van der Waals surface area contributed by atoms with Gasteiger partial charge in [0, 0.05) is 13.1 Å². The molecule has 1 aromatic rings. The Bertz CT molecular complexity index is 446. The summed E-state index contributed by atoms with van der Waals surface area (Å²) < 4.78 is 0. The molecule has 0 fully saturated rings. The van der Waals surface area contributed by atoms with E-state index in [0.29, 0.717) is 13.0 Å². The molecule has 19 heavy (non-hydrogen) atoms. The molecule has 4 N–H and O–H groups in total. The largest absolute Gasteiger partial charge is 0.481 e. The van der Waals surface area contributed by atoms with Crippen LogP contribution in [0.15, 0.2) is 24.3 Å². The van der Waals surface area contributed by atoms with Gasteiger partial charge in [-0.3, -0.25) is 9.59 Å². The average Bonchev–Trinajstić information content (AvgIpc) is 2.39. The molecule has 1 amide bonds. The summed E-state index contributed by atoms with van der Waals surface area (Å²) in [5.74, 6) is -1.60. The molecule has 0 spiro atoms. The molecule has 0 aromatic heterocycles. The molecule has 1 aromatic carbocycles.